The zero-order valence-electron chi connectivity index (χ0n) is 32.7. The van der Waals surface area contributed by atoms with Gasteiger partial charge in [0.05, 0.1) is 0 Å². The van der Waals surface area contributed by atoms with Crippen molar-refractivity contribution in [2.45, 2.75) is 19.3 Å². The lowest BCUT2D eigenvalue weighted by Gasteiger charge is -2.27. The number of hydrogen-bond donors (Lipinski definition) is 0. The molecule has 1 aliphatic rings. The topological polar surface area (TPSA) is 55.1 Å². The SMILES string of the molecule is CC1(C)c2ccccc2-c2cc(N(c3cccc(-c4ccccc4)c3)c3ccc4c(c3)oc3cccc(-c5nc(-c6ccccc6)nc(-c6ccccc6)n5)c34)ccc21. The first-order valence-electron chi connectivity index (χ1n) is 20.0. The molecule has 0 fully saturated rings. The fourth-order valence-corrected chi connectivity index (χ4v) is 8.82. The molecule has 0 radical (unpaired) electrons. The van der Waals surface area contributed by atoms with E-state index >= 15 is 0 Å². The molecule has 0 saturated carbocycles. The highest BCUT2D eigenvalue weighted by molar-refractivity contribution is 6.12. The van der Waals surface area contributed by atoms with Crippen LogP contribution in [0.2, 0.25) is 0 Å². The minimum atomic E-state index is -0.0876. The zero-order chi connectivity index (χ0) is 39.5. The van der Waals surface area contributed by atoms with Crippen molar-refractivity contribution in [2.24, 2.45) is 0 Å². The summed E-state index contributed by atoms with van der Waals surface area (Å²) in [6, 6.07) is 67.9. The largest absolute Gasteiger partial charge is 0.456 e. The number of nitrogens with zero attached hydrogens (tertiary/aromatic N) is 4. The molecule has 0 bridgehead atoms. The molecule has 0 spiro atoms. The van der Waals surface area contributed by atoms with Gasteiger partial charge in [-0.25, -0.2) is 15.0 Å². The summed E-state index contributed by atoms with van der Waals surface area (Å²) in [6.07, 6.45) is 0. The van der Waals surface area contributed by atoms with Gasteiger partial charge in [-0.2, -0.15) is 0 Å². The van der Waals surface area contributed by atoms with E-state index in [-0.39, 0.29) is 5.41 Å². The van der Waals surface area contributed by atoms with Crippen molar-refractivity contribution >= 4 is 39.0 Å². The molecule has 59 heavy (non-hydrogen) atoms. The molecule has 280 valence electrons. The van der Waals surface area contributed by atoms with Gasteiger partial charge in [0, 0.05) is 56.0 Å². The smallest absolute Gasteiger partial charge is 0.164 e. The maximum absolute atomic E-state index is 6.75. The zero-order valence-corrected chi connectivity index (χ0v) is 32.7. The van der Waals surface area contributed by atoms with Crippen molar-refractivity contribution in [2.75, 3.05) is 4.90 Å². The van der Waals surface area contributed by atoms with E-state index in [1.165, 1.54) is 27.8 Å². The van der Waals surface area contributed by atoms with Crippen LogP contribution in [0, 0.1) is 0 Å². The Morgan fingerprint density at radius 1 is 0.390 bits per heavy atom. The van der Waals surface area contributed by atoms with E-state index in [0.717, 1.165) is 61.3 Å². The first-order chi connectivity index (χ1) is 29.0. The van der Waals surface area contributed by atoms with E-state index in [1.54, 1.807) is 0 Å². The molecular formula is C54H38N4O. The average Bonchev–Trinajstić information content (AvgIpc) is 3.78. The van der Waals surface area contributed by atoms with Crippen LogP contribution >= 0.6 is 0 Å². The second-order valence-corrected chi connectivity index (χ2v) is 15.7. The van der Waals surface area contributed by atoms with Gasteiger partial charge in [-0.3, -0.25) is 0 Å². The van der Waals surface area contributed by atoms with Crippen LogP contribution in [-0.2, 0) is 5.41 Å². The lowest BCUT2D eigenvalue weighted by Crippen LogP contribution is -2.15. The van der Waals surface area contributed by atoms with Crippen molar-refractivity contribution in [1.82, 2.24) is 15.0 Å². The standard InChI is InChI=1S/C54H38N4O/c1-54(2)46-26-13-12-24-42(46)45-33-40(29-31-47(45)54)58(39-23-14-22-38(32-39)35-16-6-3-7-17-35)41-28-30-43-49(34-41)59-48-27-15-25-44(50(43)48)53-56-51(36-18-8-4-9-19-36)55-52(57-53)37-20-10-5-11-21-37/h3-34H,1-2H3. The third-order valence-electron chi connectivity index (χ3n) is 11.7. The highest BCUT2D eigenvalue weighted by Crippen LogP contribution is 2.51. The van der Waals surface area contributed by atoms with E-state index in [4.69, 9.17) is 19.4 Å². The van der Waals surface area contributed by atoms with Crippen molar-refractivity contribution in [3.05, 3.63) is 205 Å². The van der Waals surface area contributed by atoms with Crippen LogP contribution in [0.5, 0.6) is 0 Å². The highest BCUT2D eigenvalue weighted by Gasteiger charge is 2.35. The number of furan rings is 1. The summed E-state index contributed by atoms with van der Waals surface area (Å²) in [5, 5.41) is 1.96. The predicted octanol–water partition coefficient (Wildman–Crippen LogP) is 14.2. The molecule has 5 nitrogen and oxygen atoms in total. The quantitative estimate of drug-likeness (QED) is 0.162. The van der Waals surface area contributed by atoms with E-state index in [9.17, 15) is 0 Å². The van der Waals surface area contributed by atoms with Gasteiger partial charge in [0.25, 0.3) is 0 Å². The molecule has 0 atom stereocenters. The lowest BCUT2D eigenvalue weighted by molar-refractivity contribution is 0.660. The summed E-state index contributed by atoms with van der Waals surface area (Å²) in [6.45, 7) is 4.65. The molecule has 5 heteroatoms. The number of rotatable bonds is 7. The van der Waals surface area contributed by atoms with Gasteiger partial charge in [-0.05, 0) is 75.8 Å². The second-order valence-electron chi connectivity index (χ2n) is 15.7. The van der Waals surface area contributed by atoms with Crippen molar-refractivity contribution in [1.29, 1.82) is 0 Å². The van der Waals surface area contributed by atoms with E-state index < -0.39 is 0 Å². The molecule has 8 aromatic carbocycles. The Morgan fingerprint density at radius 2 is 0.932 bits per heavy atom. The normalized spacial score (nSPS) is 12.7. The molecular weight excluding hydrogens is 721 g/mol. The summed E-state index contributed by atoms with van der Waals surface area (Å²) in [7, 11) is 0. The van der Waals surface area contributed by atoms with Crippen molar-refractivity contribution < 1.29 is 4.42 Å². The number of benzene rings is 8. The Bertz CT molecular complexity index is 3130. The molecule has 11 rings (SSSR count). The van der Waals surface area contributed by atoms with Crippen LogP contribution in [0.4, 0.5) is 17.1 Å². The number of anilines is 3. The molecule has 0 unspecified atom stereocenters. The Kier molecular flexibility index (Phi) is 8.09. The van der Waals surface area contributed by atoms with Crippen LogP contribution in [0.15, 0.2) is 199 Å². The lowest BCUT2D eigenvalue weighted by atomic mass is 9.82. The average molecular weight is 759 g/mol. The Balaban J connectivity index is 1.09. The van der Waals surface area contributed by atoms with Crippen molar-refractivity contribution in [3.8, 4) is 56.4 Å². The first-order valence-corrected chi connectivity index (χ1v) is 20.0. The first kappa shape index (κ1) is 34.6. The maximum atomic E-state index is 6.75. The van der Waals surface area contributed by atoms with Crippen LogP contribution in [0.25, 0.3) is 78.4 Å². The van der Waals surface area contributed by atoms with Crippen LogP contribution in [-0.4, -0.2) is 15.0 Å². The summed E-state index contributed by atoms with van der Waals surface area (Å²) in [5.41, 5.74) is 14.9. The number of aromatic nitrogens is 3. The Morgan fingerprint density at radius 3 is 1.66 bits per heavy atom. The van der Waals surface area contributed by atoms with Gasteiger partial charge in [0.1, 0.15) is 11.2 Å². The van der Waals surface area contributed by atoms with Crippen LogP contribution in [0.3, 0.4) is 0 Å². The monoisotopic (exact) mass is 758 g/mol. The summed E-state index contributed by atoms with van der Waals surface area (Å²) in [4.78, 5) is 17.4. The van der Waals surface area contributed by atoms with Crippen molar-refractivity contribution in [3.63, 3.8) is 0 Å². The third-order valence-corrected chi connectivity index (χ3v) is 11.7. The summed E-state index contributed by atoms with van der Waals surface area (Å²) < 4.78 is 6.75. The third kappa shape index (κ3) is 5.90. The fraction of sp³-hybridized carbons (Fsp3) is 0.0556. The molecule has 0 amide bonds. The Labute approximate surface area is 342 Å². The molecule has 10 aromatic rings. The van der Waals surface area contributed by atoms with Gasteiger partial charge in [0.15, 0.2) is 17.5 Å². The molecule has 0 N–H and O–H groups in total. The van der Waals surface area contributed by atoms with E-state index in [1.807, 2.05) is 72.8 Å². The van der Waals surface area contributed by atoms with Crippen LogP contribution < -0.4 is 4.90 Å². The van der Waals surface area contributed by atoms with Gasteiger partial charge in [-0.1, -0.05) is 159 Å². The molecule has 0 saturated heterocycles. The van der Waals surface area contributed by atoms with Gasteiger partial charge in [-0.15, -0.1) is 0 Å². The van der Waals surface area contributed by atoms with Gasteiger partial charge >= 0.3 is 0 Å². The highest BCUT2D eigenvalue weighted by atomic mass is 16.3. The molecule has 2 heterocycles. The maximum Gasteiger partial charge on any atom is 0.164 e. The van der Waals surface area contributed by atoms with Gasteiger partial charge < -0.3 is 9.32 Å². The summed E-state index contributed by atoms with van der Waals surface area (Å²) >= 11 is 0. The minimum absolute atomic E-state index is 0.0876. The molecule has 2 aromatic heterocycles. The number of fused-ring (bicyclic) bond motifs is 6. The number of hydrogen-bond acceptors (Lipinski definition) is 5. The predicted molar refractivity (Wildman–Crippen MR) is 241 cm³/mol. The van der Waals surface area contributed by atoms with E-state index in [2.05, 4.69) is 140 Å². The van der Waals surface area contributed by atoms with Crippen LogP contribution in [0.1, 0.15) is 25.0 Å². The second kappa shape index (κ2) is 13.8. The minimum Gasteiger partial charge on any atom is -0.456 e. The summed E-state index contributed by atoms with van der Waals surface area (Å²) in [5.74, 6) is 1.83. The Hall–Kier alpha value is -7.63. The van der Waals surface area contributed by atoms with Gasteiger partial charge in [0.2, 0.25) is 0 Å². The molecule has 0 aliphatic heterocycles. The molecule has 1 aliphatic carbocycles. The van der Waals surface area contributed by atoms with E-state index in [0.29, 0.717) is 17.5 Å². The fourth-order valence-electron chi connectivity index (χ4n) is 8.82.